The molecule has 2 rings (SSSR count). The Labute approximate surface area is 154 Å². The molecular weight excluding hydrogens is 310 g/mol. The quantitative estimate of drug-likeness (QED) is 0.543. The highest BCUT2D eigenvalue weighted by atomic mass is 16.5. The fourth-order valence-corrected chi connectivity index (χ4v) is 3.97. The average Bonchev–Trinajstić information content (AvgIpc) is 2.55. The van der Waals surface area contributed by atoms with E-state index in [1.54, 1.807) is 0 Å². The van der Waals surface area contributed by atoms with Gasteiger partial charge in [0.15, 0.2) is 0 Å². The molecule has 1 aliphatic carbocycles. The van der Waals surface area contributed by atoms with Crippen molar-refractivity contribution in [2.45, 2.75) is 71.3 Å². The molecule has 0 aromatic heterocycles. The topological polar surface area (TPSA) is 30.5 Å². The van der Waals surface area contributed by atoms with Crippen LogP contribution < -0.4 is 10.1 Å². The molecule has 0 saturated heterocycles. The molecule has 1 saturated carbocycles. The smallest absolute Gasteiger partial charge is 0.119 e. The van der Waals surface area contributed by atoms with E-state index < -0.39 is 0 Å². The first kappa shape index (κ1) is 20.3. The molecule has 0 bridgehead atoms. The highest BCUT2D eigenvalue weighted by Gasteiger charge is 2.45. The lowest BCUT2D eigenvalue weighted by Gasteiger charge is -2.49. The highest BCUT2D eigenvalue weighted by molar-refractivity contribution is 5.35. The molecule has 0 heterocycles. The maximum Gasteiger partial charge on any atom is 0.119 e. The molecule has 3 nitrogen and oxygen atoms in total. The Balaban J connectivity index is 2.07. The van der Waals surface area contributed by atoms with Crippen LogP contribution in [0.3, 0.4) is 0 Å². The van der Waals surface area contributed by atoms with E-state index in [1.165, 1.54) is 31.2 Å². The molecule has 1 fully saturated rings. The van der Waals surface area contributed by atoms with Crippen molar-refractivity contribution in [3.8, 4) is 5.75 Å². The summed E-state index contributed by atoms with van der Waals surface area (Å²) in [7, 11) is 0. The van der Waals surface area contributed by atoms with Gasteiger partial charge >= 0.3 is 0 Å². The van der Waals surface area contributed by atoms with E-state index in [-0.39, 0.29) is 5.41 Å². The highest BCUT2D eigenvalue weighted by Crippen LogP contribution is 2.48. The Morgan fingerprint density at radius 2 is 1.80 bits per heavy atom. The van der Waals surface area contributed by atoms with Crippen molar-refractivity contribution in [2.75, 3.05) is 26.4 Å². The van der Waals surface area contributed by atoms with Crippen LogP contribution in [0.15, 0.2) is 24.3 Å². The molecule has 25 heavy (non-hydrogen) atoms. The third-order valence-corrected chi connectivity index (χ3v) is 5.35. The van der Waals surface area contributed by atoms with Crippen LogP contribution in [0.5, 0.6) is 5.75 Å². The normalized spacial score (nSPS) is 17.3. The van der Waals surface area contributed by atoms with Crippen LogP contribution in [0.1, 0.15) is 65.4 Å². The second kappa shape index (κ2) is 10.2. The van der Waals surface area contributed by atoms with E-state index in [1.807, 2.05) is 6.92 Å². The summed E-state index contributed by atoms with van der Waals surface area (Å²) in [5, 5.41) is 3.83. The van der Waals surface area contributed by atoms with E-state index >= 15 is 0 Å². The summed E-state index contributed by atoms with van der Waals surface area (Å²) in [6.45, 7) is 12.2. The minimum absolute atomic E-state index is 0.278. The predicted molar refractivity (Wildman–Crippen MR) is 105 cm³/mol. The Morgan fingerprint density at radius 3 is 2.32 bits per heavy atom. The van der Waals surface area contributed by atoms with E-state index in [0.717, 1.165) is 38.5 Å². The first-order valence-corrected chi connectivity index (χ1v) is 10.2. The van der Waals surface area contributed by atoms with Gasteiger partial charge < -0.3 is 14.8 Å². The van der Waals surface area contributed by atoms with Crippen molar-refractivity contribution >= 4 is 0 Å². The lowest BCUT2D eigenvalue weighted by Crippen LogP contribution is -2.54. The SMILES string of the molecule is CCCOCCNC(CC(C)C)C1(c2ccc(OCC)cc2)CCC1. The molecule has 3 heteroatoms. The van der Waals surface area contributed by atoms with Gasteiger partial charge in [0.2, 0.25) is 0 Å². The van der Waals surface area contributed by atoms with Crippen LogP contribution >= 0.6 is 0 Å². The summed E-state index contributed by atoms with van der Waals surface area (Å²) in [4.78, 5) is 0. The van der Waals surface area contributed by atoms with Crippen LogP contribution in [0.4, 0.5) is 0 Å². The molecule has 0 spiro atoms. The zero-order chi connectivity index (χ0) is 18.1. The van der Waals surface area contributed by atoms with Crippen molar-refractivity contribution in [3.05, 3.63) is 29.8 Å². The maximum absolute atomic E-state index is 5.67. The number of benzene rings is 1. The molecule has 1 unspecified atom stereocenters. The molecule has 1 aromatic rings. The zero-order valence-electron chi connectivity index (χ0n) is 16.6. The van der Waals surface area contributed by atoms with Gasteiger partial charge in [0, 0.05) is 24.6 Å². The Hall–Kier alpha value is -1.06. The molecule has 1 N–H and O–H groups in total. The zero-order valence-corrected chi connectivity index (χ0v) is 16.6. The van der Waals surface area contributed by atoms with Gasteiger partial charge in [0.1, 0.15) is 5.75 Å². The Kier molecular flexibility index (Phi) is 8.25. The standard InChI is InChI=1S/C22H37NO2/c1-5-15-24-16-14-23-21(17-18(3)4)22(12-7-13-22)19-8-10-20(11-9-19)25-6-2/h8-11,18,21,23H,5-7,12-17H2,1-4H3. The van der Waals surface area contributed by atoms with E-state index in [2.05, 4.69) is 50.4 Å². The lowest BCUT2D eigenvalue weighted by molar-refractivity contribution is 0.112. The van der Waals surface area contributed by atoms with Crippen molar-refractivity contribution in [2.24, 2.45) is 5.92 Å². The molecule has 1 aliphatic rings. The van der Waals surface area contributed by atoms with Gasteiger partial charge in [-0.1, -0.05) is 39.3 Å². The molecular formula is C22H37NO2. The van der Waals surface area contributed by atoms with Crippen LogP contribution in [-0.2, 0) is 10.2 Å². The first-order valence-electron chi connectivity index (χ1n) is 10.2. The first-order chi connectivity index (χ1) is 12.1. The van der Waals surface area contributed by atoms with Crippen molar-refractivity contribution in [1.29, 1.82) is 0 Å². The number of nitrogens with one attached hydrogen (secondary N) is 1. The summed E-state index contributed by atoms with van der Waals surface area (Å²) in [5.41, 5.74) is 1.74. The molecule has 1 atom stereocenters. The van der Waals surface area contributed by atoms with Crippen molar-refractivity contribution < 1.29 is 9.47 Å². The molecule has 0 radical (unpaired) electrons. The van der Waals surface area contributed by atoms with Gasteiger partial charge in [-0.15, -0.1) is 0 Å². The predicted octanol–water partition coefficient (Wildman–Crippen LogP) is 4.94. The lowest BCUT2D eigenvalue weighted by atomic mass is 9.59. The van der Waals surface area contributed by atoms with Crippen LogP contribution in [0.2, 0.25) is 0 Å². The third-order valence-electron chi connectivity index (χ3n) is 5.35. The summed E-state index contributed by atoms with van der Waals surface area (Å²) >= 11 is 0. The minimum Gasteiger partial charge on any atom is -0.494 e. The van der Waals surface area contributed by atoms with Gasteiger partial charge in [-0.25, -0.2) is 0 Å². The van der Waals surface area contributed by atoms with E-state index in [0.29, 0.717) is 12.0 Å². The van der Waals surface area contributed by atoms with Crippen LogP contribution in [0.25, 0.3) is 0 Å². The van der Waals surface area contributed by atoms with Gasteiger partial charge in [-0.3, -0.25) is 0 Å². The third kappa shape index (κ3) is 5.46. The summed E-state index contributed by atoms with van der Waals surface area (Å²) in [6.07, 6.45) is 6.19. The fourth-order valence-electron chi connectivity index (χ4n) is 3.97. The second-order valence-corrected chi connectivity index (χ2v) is 7.72. The maximum atomic E-state index is 5.67. The molecule has 0 amide bonds. The van der Waals surface area contributed by atoms with E-state index in [9.17, 15) is 0 Å². The van der Waals surface area contributed by atoms with Crippen molar-refractivity contribution in [1.82, 2.24) is 5.32 Å². The molecule has 1 aromatic carbocycles. The Morgan fingerprint density at radius 1 is 1.08 bits per heavy atom. The number of rotatable bonds is 12. The number of hydrogen-bond acceptors (Lipinski definition) is 3. The molecule has 0 aliphatic heterocycles. The van der Waals surface area contributed by atoms with Gasteiger partial charge in [0.25, 0.3) is 0 Å². The monoisotopic (exact) mass is 347 g/mol. The molecule has 142 valence electrons. The van der Waals surface area contributed by atoms with Crippen molar-refractivity contribution in [3.63, 3.8) is 0 Å². The summed E-state index contributed by atoms with van der Waals surface area (Å²) in [6, 6.07) is 9.36. The van der Waals surface area contributed by atoms with Crippen LogP contribution in [0, 0.1) is 5.92 Å². The number of hydrogen-bond donors (Lipinski definition) is 1. The van der Waals surface area contributed by atoms with Crippen LogP contribution in [-0.4, -0.2) is 32.4 Å². The number of ether oxygens (including phenoxy) is 2. The van der Waals surface area contributed by atoms with E-state index in [4.69, 9.17) is 9.47 Å². The van der Waals surface area contributed by atoms with Gasteiger partial charge in [0.05, 0.1) is 13.2 Å². The second-order valence-electron chi connectivity index (χ2n) is 7.72. The summed E-state index contributed by atoms with van der Waals surface area (Å²) < 4.78 is 11.3. The fraction of sp³-hybridized carbons (Fsp3) is 0.727. The Bertz CT molecular complexity index is 479. The van der Waals surface area contributed by atoms with Gasteiger partial charge in [-0.05, 0) is 56.2 Å². The van der Waals surface area contributed by atoms with Gasteiger partial charge in [-0.2, -0.15) is 0 Å². The average molecular weight is 348 g/mol. The largest absolute Gasteiger partial charge is 0.494 e. The summed E-state index contributed by atoms with van der Waals surface area (Å²) in [5.74, 6) is 1.66. The minimum atomic E-state index is 0.278.